The van der Waals surface area contributed by atoms with Crippen LogP contribution >= 0.6 is 0 Å². The lowest BCUT2D eigenvalue weighted by molar-refractivity contribution is -0.123. The molecule has 0 bridgehead atoms. The molecule has 1 aromatic carbocycles. The van der Waals surface area contributed by atoms with Gasteiger partial charge in [0, 0.05) is 23.2 Å². The molecule has 4 nitrogen and oxygen atoms in total. The van der Waals surface area contributed by atoms with Gasteiger partial charge in [0.25, 0.3) is 0 Å². The van der Waals surface area contributed by atoms with E-state index >= 15 is 0 Å². The molecule has 104 valence electrons. The van der Waals surface area contributed by atoms with Gasteiger partial charge in [-0.3, -0.25) is 9.59 Å². The van der Waals surface area contributed by atoms with E-state index in [9.17, 15) is 9.59 Å². The maximum atomic E-state index is 11.9. The Balaban J connectivity index is 2.90. The highest BCUT2D eigenvalue weighted by atomic mass is 16.2. The predicted octanol–water partition coefficient (Wildman–Crippen LogP) is 3.33. The van der Waals surface area contributed by atoms with E-state index in [-0.39, 0.29) is 11.8 Å². The van der Waals surface area contributed by atoms with E-state index in [1.165, 1.54) is 0 Å². The number of rotatable bonds is 3. The van der Waals surface area contributed by atoms with Crippen molar-refractivity contribution in [3.8, 4) is 0 Å². The fourth-order valence-electron chi connectivity index (χ4n) is 1.39. The van der Waals surface area contributed by atoms with E-state index in [2.05, 4.69) is 10.6 Å². The van der Waals surface area contributed by atoms with Crippen LogP contribution < -0.4 is 10.6 Å². The van der Waals surface area contributed by atoms with E-state index in [1.54, 1.807) is 13.0 Å². The molecule has 0 aliphatic rings. The van der Waals surface area contributed by atoms with Crippen molar-refractivity contribution in [2.24, 2.45) is 5.41 Å². The van der Waals surface area contributed by atoms with Crippen LogP contribution in [-0.2, 0) is 9.59 Å². The summed E-state index contributed by atoms with van der Waals surface area (Å²) in [5, 5.41) is 5.67. The minimum Gasteiger partial charge on any atom is -0.326 e. The fraction of sp³-hybridized carbons (Fsp3) is 0.467. The summed E-state index contributed by atoms with van der Waals surface area (Å²) in [6, 6.07) is 5.50. The molecule has 19 heavy (non-hydrogen) atoms. The van der Waals surface area contributed by atoms with Gasteiger partial charge >= 0.3 is 0 Å². The molecule has 0 atom stereocenters. The highest BCUT2D eigenvalue weighted by Gasteiger charge is 2.21. The Morgan fingerprint density at radius 3 is 2.32 bits per heavy atom. The van der Waals surface area contributed by atoms with E-state index in [1.807, 2.05) is 39.8 Å². The van der Waals surface area contributed by atoms with Gasteiger partial charge in [-0.25, -0.2) is 0 Å². The van der Waals surface area contributed by atoms with Gasteiger partial charge in [-0.2, -0.15) is 0 Å². The molecule has 0 fully saturated rings. The molecule has 0 spiro atoms. The number of carbonyl (C=O) groups is 2. The molecule has 4 heteroatoms. The summed E-state index contributed by atoms with van der Waals surface area (Å²) < 4.78 is 0. The summed E-state index contributed by atoms with van der Waals surface area (Å²) in [6.45, 7) is 9.29. The molecule has 0 saturated heterocycles. The molecule has 1 rings (SSSR count). The lowest BCUT2D eigenvalue weighted by Crippen LogP contribution is -2.27. The molecule has 0 saturated carbocycles. The predicted molar refractivity (Wildman–Crippen MR) is 78.2 cm³/mol. The van der Waals surface area contributed by atoms with Crippen molar-refractivity contribution < 1.29 is 9.59 Å². The second-order valence-corrected chi connectivity index (χ2v) is 5.64. The first-order chi connectivity index (χ1) is 8.74. The van der Waals surface area contributed by atoms with Gasteiger partial charge in [0.05, 0.1) is 0 Å². The van der Waals surface area contributed by atoms with Gasteiger partial charge in [0.2, 0.25) is 11.8 Å². The van der Waals surface area contributed by atoms with Crippen molar-refractivity contribution in [3.63, 3.8) is 0 Å². The minimum absolute atomic E-state index is 0.0394. The minimum atomic E-state index is -0.447. The number of aryl methyl sites for hydroxylation is 1. The monoisotopic (exact) mass is 262 g/mol. The number of amides is 2. The van der Waals surface area contributed by atoms with Gasteiger partial charge in [0.15, 0.2) is 0 Å². The number of hydrogen-bond donors (Lipinski definition) is 2. The van der Waals surface area contributed by atoms with Crippen molar-refractivity contribution in [1.29, 1.82) is 0 Å². The molecule has 0 heterocycles. The average Bonchev–Trinajstić information content (AvgIpc) is 2.32. The topological polar surface area (TPSA) is 58.2 Å². The molecule has 0 radical (unpaired) electrons. The van der Waals surface area contributed by atoms with Gasteiger partial charge in [0.1, 0.15) is 0 Å². The lowest BCUT2D eigenvalue weighted by Gasteiger charge is -2.18. The first kappa shape index (κ1) is 15.2. The molecule has 1 aromatic rings. The van der Waals surface area contributed by atoms with Crippen molar-refractivity contribution in [3.05, 3.63) is 23.8 Å². The van der Waals surface area contributed by atoms with Crippen molar-refractivity contribution in [2.45, 2.75) is 41.0 Å². The smallest absolute Gasteiger partial charge is 0.229 e. The summed E-state index contributed by atoms with van der Waals surface area (Å²) in [6.07, 6.45) is 0.429. The molecule has 2 N–H and O–H groups in total. The van der Waals surface area contributed by atoms with Crippen LogP contribution in [0.1, 0.15) is 39.7 Å². The molecule has 0 aliphatic heterocycles. The molecule has 0 aromatic heterocycles. The number of anilines is 2. The Kier molecular flexibility index (Phi) is 4.70. The maximum absolute atomic E-state index is 11.9. The number of benzene rings is 1. The third-order valence-corrected chi connectivity index (χ3v) is 2.77. The van der Waals surface area contributed by atoms with Crippen LogP contribution in [0.4, 0.5) is 11.4 Å². The second kappa shape index (κ2) is 5.87. The molecule has 0 aliphatic carbocycles. The summed E-state index contributed by atoms with van der Waals surface area (Å²) in [5.41, 5.74) is 1.95. The lowest BCUT2D eigenvalue weighted by atomic mass is 9.95. The van der Waals surface area contributed by atoms with E-state index in [0.717, 1.165) is 11.3 Å². The van der Waals surface area contributed by atoms with Crippen LogP contribution in [0.5, 0.6) is 0 Å². The van der Waals surface area contributed by atoms with E-state index < -0.39 is 5.41 Å². The summed E-state index contributed by atoms with van der Waals surface area (Å²) in [7, 11) is 0. The van der Waals surface area contributed by atoms with Crippen LogP contribution in [-0.4, -0.2) is 11.8 Å². The fourth-order valence-corrected chi connectivity index (χ4v) is 1.39. The molecule has 0 unspecified atom stereocenters. The first-order valence-electron chi connectivity index (χ1n) is 6.46. The highest BCUT2D eigenvalue weighted by Crippen LogP contribution is 2.23. The highest BCUT2D eigenvalue weighted by molar-refractivity contribution is 5.96. The number of hydrogen-bond acceptors (Lipinski definition) is 2. The SMILES string of the molecule is CCC(=O)Nc1cc(NC(=O)C(C)(C)C)ccc1C. The molecular formula is C15H22N2O2. The Labute approximate surface area is 114 Å². The Morgan fingerprint density at radius 1 is 1.16 bits per heavy atom. The van der Waals surface area contributed by atoms with Crippen molar-refractivity contribution in [2.75, 3.05) is 10.6 Å². The second-order valence-electron chi connectivity index (χ2n) is 5.64. The molecular weight excluding hydrogens is 240 g/mol. The van der Waals surface area contributed by atoms with Crippen molar-refractivity contribution >= 4 is 23.2 Å². The summed E-state index contributed by atoms with van der Waals surface area (Å²) >= 11 is 0. The first-order valence-corrected chi connectivity index (χ1v) is 6.46. The van der Waals surface area contributed by atoms with Gasteiger partial charge in [-0.05, 0) is 24.6 Å². The zero-order valence-corrected chi connectivity index (χ0v) is 12.3. The van der Waals surface area contributed by atoms with E-state index in [4.69, 9.17) is 0 Å². The van der Waals surface area contributed by atoms with Crippen LogP contribution in [0.2, 0.25) is 0 Å². The normalized spacial score (nSPS) is 11.0. The zero-order valence-electron chi connectivity index (χ0n) is 12.3. The Bertz CT molecular complexity index is 487. The third-order valence-electron chi connectivity index (χ3n) is 2.77. The Hall–Kier alpha value is -1.84. The number of nitrogens with one attached hydrogen (secondary N) is 2. The summed E-state index contributed by atoms with van der Waals surface area (Å²) in [5.74, 6) is -0.0912. The Morgan fingerprint density at radius 2 is 1.79 bits per heavy atom. The number of carbonyl (C=O) groups excluding carboxylic acids is 2. The van der Waals surface area contributed by atoms with Gasteiger partial charge in [-0.15, -0.1) is 0 Å². The largest absolute Gasteiger partial charge is 0.326 e. The van der Waals surface area contributed by atoms with Gasteiger partial charge in [-0.1, -0.05) is 33.8 Å². The molecule has 2 amide bonds. The summed E-state index contributed by atoms with van der Waals surface area (Å²) in [4.78, 5) is 23.3. The standard InChI is InChI=1S/C15H22N2O2/c1-6-13(18)17-12-9-11(8-7-10(12)2)16-14(19)15(3,4)5/h7-9H,6H2,1-5H3,(H,16,19)(H,17,18). The van der Waals surface area contributed by atoms with Gasteiger partial charge < -0.3 is 10.6 Å². The zero-order chi connectivity index (χ0) is 14.6. The average molecular weight is 262 g/mol. The quantitative estimate of drug-likeness (QED) is 0.877. The van der Waals surface area contributed by atoms with Crippen LogP contribution in [0.3, 0.4) is 0 Å². The van der Waals surface area contributed by atoms with Crippen LogP contribution in [0.15, 0.2) is 18.2 Å². The van der Waals surface area contributed by atoms with E-state index in [0.29, 0.717) is 12.1 Å². The third kappa shape index (κ3) is 4.39. The van der Waals surface area contributed by atoms with Crippen LogP contribution in [0.25, 0.3) is 0 Å². The van der Waals surface area contributed by atoms with Crippen molar-refractivity contribution in [1.82, 2.24) is 0 Å². The maximum Gasteiger partial charge on any atom is 0.229 e. The van der Waals surface area contributed by atoms with Crippen LogP contribution in [0, 0.1) is 12.3 Å².